The third kappa shape index (κ3) is 1.99. The Morgan fingerprint density at radius 1 is 1.05 bits per heavy atom. The summed E-state index contributed by atoms with van der Waals surface area (Å²) in [4.78, 5) is 0. The van der Waals surface area contributed by atoms with Crippen molar-refractivity contribution in [3.8, 4) is 0 Å². The van der Waals surface area contributed by atoms with Gasteiger partial charge in [0.05, 0.1) is 0 Å². The van der Waals surface area contributed by atoms with Gasteiger partial charge in [0.15, 0.2) is 0 Å². The minimum atomic E-state index is 0.507. The fourth-order valence-corrected chi connectivity index (χ4v) is 6.63. The van der Waals surface area contributed by atoms with Crippen LogP contribution in [0.25, 0.3) is 0 Å². The molecule has 1 aromatic carbocycles. The van der Waals surface area contributed by atoms with Gasteiger partial charge in [-0.3, -0.25) is 0 Å². The van der Waals surface area contributed by atoms with Crippen molar-refractivity contribution in [2.24, 2.45) is 28.9 Å². The molecule has 0 saturated heterocycles. The van der Waals surface area contributed by atoms with Crippen LogP contribution in [0.4, 0.5) is 0 Å². The maximum absolute atomic E-state index is 6.27. The van der Waals surface area contributed by atoms with Crippen LogP contribution in [0.2, 0.25) is 0 Å². The summed E-state index contributed by atoms with van der Waals surface area (Å²) in [5.74, 6) is 3.54. The first-order chi connectivity index (χ1) is 9.70. The zero-order valence-electron chi connectivity index (χ0n) is 12.0. The highest BCUT2D eigenvalue weighted by Crippen LogP contribution is 2.64. The van der Waals surface area contributed by atoms with Crippen LogP contribution in [0.3, 0.4) is 0 Å². The van der Waals surface area contributed by atoms with Crippen LogP contribution in [0.15, 0.2) is 28.7 Å². The van der Waals surface area contributed by atoms with Crippen LogP contribution in [-0.4, -0.2) is 6.54 Å². The van der Waals surface area contributed by atoms with E-state index < -0.39 is 0 Å². The molecule has 0 radical (unpaired) electrons. The molecule has 1 atom stereocenters. The zero-order valence-corrected chi connectivity index (χ0v) is 13.6. The van der Waals surface area contributed by atoms with E-state index in [1.165, 1.54) is 48.6 Å². The van der Waals surface area contributed by atoms with E-state index in [0.717, 1.165) is 24.3 Å². The summed E-state index contributed by atoms with van der Waals surface area (Å²) in [5, 5.41) is 0. The fourth-order valence-electron chi connectivity index (χ4n) is 6.07. The first-order valence-electron chi connectivity index (χ1n) is 8.15. The van der Waals surface area contributed by atoms with Crippen molar-refractivity contribution in [1.29, 1.82) is 0 Å². The molecule has 2 N–H and O–H groups in total. The van der Waals surface area contributed by atoms with Gasteiger partial charge in [0, 0.05) is 10.4 Å². The van der Waals surface area contributed by atoms with E-state index in [1.807, 2.05) is 0 Å². The van der Waals surface area contributed by atoms with Gasteiger partial charge in [-0.1, -0.05) is 34.1 Å². The van der Waals surface area contributed by atoms with Gasteiger partial charge in [-0.2, -0.15) is 0 Å². The van der Waals surface area contributed by atoms with Crippen LogP contribution >= 0.6 is 15.9 Å². The molecular weight excluding hydrogens is 310 g/mol. The zero-order chi connectivity index (χ0) is 13.7. The Hall–Kier alpha value is -0.340. The lowest BCUT2D eigenvalue weighted by Gasteiger charge is -2.59. The Kier molecular flexibility index (Phi) is 3.23. The SMILES string of the molecule is NCC(c1ccccc1Br)C12CC3CC(CC(C3)C1)C2. The third-order valence-electron chi connectivity index (χ3n) is 6.34. The average molecular weight is 334 g/mol. The molecule has 4 aliphatic carbocycles. The Bertz CT molecular complexity index is 475. The number of halogens is 1. The first-order valence-corrected chi connectivity index (χ1v) is 8.94. The van der Waals surface area contributed by atoms with Gasteiger partial charge < -0.3 is 5.73 Å². The molecule has 20 heavy (non-hydrogen) atoms. The minimum Gasteiger partial charge on any atom is -0.330 e. The summed E-state index contributed by atoms with van der Waals surface area (Å²) in [6.45, 7) is 0.800. The molecule has 5 rings (SSSR count). The second kappa shape index (κ2) is 4.84. The third-order valence-corrected chi connectivity index (χ3v) is 7.06. The molecule has 4 bridgehead atoms. The van der Waals surface area contributed by atoms with Crippen LogP contribution in [0.1, 0.15) is 50.0 Å². The quantitative estimate of drug-likeness (QED) is 0.851. The summed E-state index contributed by atoms with van der Waals surface area (Å²) >= 11 is 3.76. The minimum absolute atomic E-state index is 0.507. The van der Waals surface area contributed by atoms with E-state index in [2.05, 4.69) is 40.2 Å². The highest BCUT2D eigenvalue weighted by atomic mass is 79.9. The van der Waals surface area contributed by atoms with Gasteiger partial charge in [-0.05, 0) is 79.9 Å². The Labute approximate surface area is 130 Å². The van der Waals surface area contributed by atoms with Crippen molar-refractivity contribution >= 4 is 15.9 Å². The summed E-state index contributed by atoms with van der Waals surface area (Å²) < 4.78 is 1.26. The molecule has 0 heterocycles. The lowest BCUT2D eigenvalue weighted by Crippen LogP contribution is -2.50. The number of hydrogen-bond donors (Lipinski definition) is 1. The highest BCUT2D eigenvalue weighted by molar-refractivity contribution is 9.10. The van der Waals surface area contributed by atoms with E-state index in [-0.39, 0.29) is 0 Å². The molecule has 4 saturated carbocycles. The number of rotatable bonds is 3. The molecule has 4 fully saturated rings. The van der Waals surface area contributed by atoms with E-state index in [1.54, 1.807) is 0 Å². The molecule has 4 aliphatic rings. The maximum atomic E-state index is 6.27. The second-order valence-electron chi connectivity index (χ2n) is 7.59. The summed E-state index contributed by atoms with van der Waals surface area (Å²) in [6.07, 6.45) is 8.82. The van der Waals surface area contributed by atoms with Crippen molar-refractivity contribution in [3.63, 3.8) is 0 Å². The molecule has 0 aromatic heterocycles. The van der Waals surface area contributed by atoms with Crippen LogP contribution in [0, 0.1) is 23.2 Å². The molecule has 0 amide bonds. The summed E-state index contributed by atoms with van der Waals surface area (Å²) in [6, 6.07) is 8.75. The van der Waals surface area contributed by atoms with Gasteiger partial charge in [0.2, 0.25) is 0 Å². The molecule has 1 unspecified atom stereocenters. The van der Waals surface area contributed by atoms with E-state index in [9.17, 15) is 0 Å². The molecule has 1 aromatic rings. The predicted molar refractivity (Wildman–Crippen MR) is 86.5 cm³/mol. The lowest BCUT2D eigenvalue weighted by atomic mass is 9.46. The van der Waals surface area contributed by atoms with Gasteiger partial charge in [0.25, 0.3) is 0 Å². The highest BCUT2D eigenvalue weighted by Gasteiger charge is 2.54. The lowest BCUT2D eigenvalue weighted by molar-refractivity contribution is -0.0672. The first kappa shape index (κ1) is 13.3. The molecule has 108 valence electrons. The Balaban J connectivity index is 1.73. The van der Waals surface area contributed by atoms with Crippen molar-refractivity contribution in [2.45, 2.75) is 44.4 Å². The normalized spacial score (nSPS) is 40.0. The smallest absolute Gasteiger partial charge is 0.0210 e. The van der Waals surface area contributed by atoms with Gasteiger partial charge in [-0.15, -0.1) is 0 Å². The Morgan fingerprint density at radius 3 is 2.10 bits per heavy atom. The molecule has 0 spiro atoms. The van der Waals surface area contributed by atoms with Crippen LogP contribution < -0.4 is 5.73 Å². The van der Waals surface area contributed by atoms with E-state index in [4.69, 9.17) is 5.73 Å². The van der Waals surface area contributed by atoms with Crippen LogP contribution in [-0.2, 0) is 0 Å². The number of hydrogen-bond acceptors (Lipinski definition) is 1. The van der Waals surface area contributed by atoms with Gasteiger partial charge in [-0.25, -0.2) is 0 Å². The number of benzene rings is 1. The van der Waals surface area contributed by atoms with Crippen LogP contribution in [0.5, 0.6) is 0 Å². The van der Waals surface area contributed by atoms with Crippen molar-refractivity contribution < 1.29 is 0 Å². The molecular formula is C18H24BrN. The average Bonchev–Trinajstić information content (AvgIpc) is 2.40. The van der Waals surface area contributed by atoms with Crippen molar-refractivity contribution in [2.75, 3.05) is 6.54 Å². The second-order valence-corrected chi connectivity index (χ2v) is 8.44. The topological polar surface area (TPSA) is 26.0 Å². The molecule has 1 nitrogen and oxygen atoms in total. The van der Waals surface area contributed by atoms with Crippen molar-refractivity contribution in [1.82, 2.24) is 0 Å². The largest absolute Gasteiger partial charge is 0.330 e. The fraction of sp³-hybridized carbons (Fsp3) is 0.667. The van der Waals surface area contributed by atoms with Crippen molar-refractivity contribution in [3.05, 3.63) is 34.3 Å². The predicted octanol–water partition coefficient (Wildman–Crippen LogP) is 4.71. The maximum Gasteiger partial charge on any atom is 0.0210 e. The Morgan fingerprint density at radius 2 is 1.60 bits per heavy atom. The molecule has 2 heteroatoms. The molecule has 0 aliphatic heterocycles. The van der Waals surface area contributed by atoms with E-state index in [0.29, 0.717) is 11.3 Å². The summed E-state index contributed by atoms with van der Waals surface area (Å²) in [7, 11) is 0. The number of nitrogens with two attached hydrogens (primary N) is 1. The van der Waals surface area contributed by atoms with Gasteiger partial charge >= 0.3 is 0 Å². The standard InChI is InChI=1S/C18H24BrN/c19-17-4-2-1-3-15(17)16(11-20)18-8-12-5-13(9-18)7-14(6-12)10-18/h1-4,12-14,16H,5-11,20H2. The summed E-state index contributed by atoms with van der Waals surface area (Å²) in [5.41, 5.74) is 8.24. The van der Waals surface area contributed by atoms with E-state index >= 15 is 0 Å². The van der Waals surface area contributed by atoms with Gasteiger partial charge in [0.1, 0.15) is 0 Å². The monoisotopic (exact) mass is 333 g/mol.